The largest absolute Gasteiger partial charge is 0.444 e. The molecule has 0 spiro atoms. The van der Waals surface area contributed by atoms with Crippen molar-refractivity contribution in [3.05, 3.63) is 35.0 Å². The number of carbonyl (C=O) groups is 1. The fourth-order valence-electron chi connectivity index (χ4n) is 2.42. The Balaban J connectivity index is 2.02. The summed E-state index contributed by atoms with van der Waals surface area (Å²) in [7, 11) is 0. The van der Waals surface area contributed by atoms with E-state index in [1.165, 1.54) is 16.5 Å². The number of alkyl carbamates (subject to hydrolysis) is 1. The lowest BCUT2D eigenvalue weighted by Gasteiger charge is -2.19. The SMILES string of the molecule is Cc1ccc2[nH]c(C)c(CCNC(=O)OC(C)(C)C)c2c1. The fourth-order valence-corrected chi connectivity index (χ4v) is 2.42. The van der Waals surface area contributed by atoms with Crippen LogP contribution in [0.25, 0.3) is 10.9 Å². The van der Waals surface area contributed by atoms with Gasteiger partial charge in [0.15, 0.2) is 0 Å². The Kier molecular flexibility index (Phi) is 4.26. The van der Waals surface area contributed by atoms with Gasteiger partial charge in [-0.05, 0) is 58.7 Å². The van der Waals surface area contributed by atoms with E-state index in [9.17, 15) is 4.79 Å². The number of amides is 1. The summed E-state index contributed by atoms with van der Waals surface area (Å²) >= 11 is 0. The molecule has 0 fully saturated rings. The predicted molar refractivity (Wildman–Crippen MR) is 85.7 cm³/mol. The van der Waals surface area contributed by atoms with Crippen molar-refractivity contribution in [3.63, 3.8) is 0 Å². The van der Waals surface area contributed by atoms with E-state index >= 15 is 0 Å². The normalized spacial score (nSPS) is 11.7. The molecule has 0 saturated heterocycles. The Morgan fingerprint density at radius 3 is 2.67 bits per heavy atom. The number of fused-ring (bicyclic) bond motifs is 1. The molecule has 0 aliphatic rings. The summed E-state index contributed by atoms with van der Waals surface area (Å²) in [5.41, 5.74) is 4.33. The highest BCUT2D eigenvalue weighted by atomic mass is 16.6. The molecule has 0 saturated carbocycles. The summed E-state index contributed by atoms with van der Waals surface area (Å²) in [4.78, 5) is 15.0. The highest BCUT2D eigenvalue weighted by Gasteiger charge is 2.16. The minimum absolute atomic E-state index is 0.365. The molecule has 1 aromatic carbocycles. The van der Waals surface area contributed by atoms with Crippen molar-refractivity contribution in [2.24, 2.45) is 0 Å². The second-order valence-electron chi connectivity index (χ2n) is 6.46. The van der Waals surface area contributed by atoms with Crippen LogP contribution in [0.1, 0.15) is 37.6 Å². The van der Waals surface area contributed by atoms with Crippen molar-refractivity contribution in [3.8, 4) is 0 Å². The van der Waals surface area contributed by atoms with Gasteiger partial charge in [0.05, 0.1) is 0 Å². The van der Waals surface area contributed by atoms with Crippen LogP contribution in [0.3, 0.4) is 0 Å². The standard InChI is InChI=1S/C17H24N2O2/c1-11-6-7-15-14(10-11)13(12(2)19-15)8-9-18-16(20)21-17(3,4)5/h6-7,10,19H,8-9H2,1-5H3,(H,18,20). The first kappa shape index (κ1) is 15.4. The van der Waals surface area contributed by atoms with Gasteiger partial charge in [0.2, 0.25) is 0 Å². The molecule has 1 amide bonds. The molecule has 0 atom stereocenters. The van der Waals surface area contributed by atoms with Crippen LogP contribution in [0.15, 0.2) is 18.2 Å². The molecule has 4 nitrogen and oxygen atoms in total. The first-order valence-corrected chi connectivity index (χ1v) is 7.31. The van der Waals surface area contributed by atoms with E-state index in [4.69, 9.17) is 4.74 Å². The van der Waals surface area contributed by atoms with Crippen LogP contribution in [-0.4, -0.2) is 23.2 Å². The van der Waals surface area contributed by atoms with Crippen molar-refractivity contribution in [1.29, 1.82) is 0 Å². The van der Waals surface area contributed by atoms with Crippen LogP contribution in [0.2, 0.25) is 0 Å². The maximum Gasteiger partial charge on any atom is 0.407 e. The molecule has 1 aromatic heterocycles. The summed E-state index contributed by atoms with van der Waals surface area (Å²) in [5.74, 6) is 0. The van der Waals surface area contributed by atoms with Gasteiger partial charge in [-0.1, -0.05) is 11.6 Å². The molecule has 2 rings (SSSR count). The highest BCUT2D eigenvalue weighted by Crippen LogP contribution is 2.23. The maximum atomic E-state index is 11.6. The third-order valence-electron chi connectivity index (χ3n) is 3.32. The van der Waals surface area contributed by atoms with Crippen molar-refractivity contribution in [2.75, 3.05) is 6.54 Å². The summed E-state index contributed by atoms with van der Waals surface area (Å²) in [6.07, 6.45) is 0.422. The van der Waals surface area contributed by atoms with Crippen LogP contribution >= 0.6 is 0 Å². The van der Waals surface area contributed by atoms with Gasteiger partial charge in [-0.15, -0.1) is 0 Å². The van der Waals surface area contributed by atoms with Crippen molar-refractivity contribution >= 4 is 17.0 Å². The fraction of sp³-hybridized carbons (Fsp3) is 0.471. The van der Waals surface area contributed by atoms with Gasteiger partial charge in [-0.2, -0.15) is 0 Å². The number of H-pyrrole nitrogens is 1. The molecule has 0 radical (unpaired) electrons. The molecule has 4 heteroatoms. The number of carbonyl (C=O) groups excluding carboxylic acids is 1. The van der Waals surface area contributed by atoms with Gasteiger partial charge < -0.3 is 15.0 Å². The van der Waals surface area contributed by atoms with Gasteiger partial charge in [-0.25, -0.2) is 4.79 Å². The topological polar surface area (TPSA) is 54.1 Å². The lowest BCUT2D eigenvalue weighted by molar-refractivity contribution is 0.0528. The van der Waals surface area contributed by atoms with Crippen molar-refractivity contribution in [1.82, 2.24) is 10.3 Å². The number of rotatable bonds is 3. The van der Waals surface area contributed by atoms with Crippen LogP contribution in [-0.2, 0) is 11.2 Å². The Morgan fingerprint density at radius 1 is 1.29 bits per heavy atom. The monoisotopic (exact) mass is 288 g/mol. The minimum Gasteiger partial charge on any atom is -0.444 e. The van der Waals surface area contributed by atoms with Crippen LogP contribution in [0, 0.1) is 13.8 Å². The summed E-state index contributed by atoms with van der Waals surface area (Å²) in [5, 5.41) is 4.04. The minimum atomic E-state index is -0.460. The third kappa shape index (κ3) is 4.00. The third-order valence-corrected chi connectivity index (χ3v) is 3.32. The average Bonchev–Trinajstić information content (AvgIpc) is 2.63. The molecule has 21 heavy (non-hydrogen) atoms. The second kappa shape index (κ2) is 5.80. The number of hydrogen-bond acceptors (Lipinski definition) is 2. The first-order valence-electron chi connectivity index (χ1n) is 7.31. The molecule has 0 aliphatic carbocycles. The quantitative estimate of drug-likeness (QED) is 0.901. The summed E-state index contributed by atoms with van der Waals surface area (Å²) in [6.45, 7) is 10.3. The molecule has 0 bridgehead atoms. The zero-order valence-corrected chi connectivity index (χ0v) is 13.5. The zero-order chi connectivity index (χ0) is 15.6. The number of aryl methyl sites for hydroxylation is 2. The van der Waals surface area contributed by atoms with E-state index in [1.54, 1.807) is 0 Å². The molecule has 2 N–H and O–H groups in total. The van der Waals surface area contributed by atoms with Gasteiger partial charge in [-0.3, -0.25) is 0 Å². The molecule has 0 unspecified atom stereocenters. The number of hydrogen-bond donors (Lipinski definition) is 2. The lowest BCUT2D eigenvalue weighted by Crippen LogP contribution is -2.33. The molecular weight excluding hydrogens is 264 g/mol. The Bertz CT molecular complexity index is 651. The molecule has 114 valence electrons. The zero-order valence-electron chi connectivity index (χ0n) is 13.5. The van der Waals surface area contributed by atoms with Gasteiger partial charge >= 0.3 is 6.09 Å². The molecule has 2 aromatic rings. The number of aromatic amines is 1. The first-order chi connectivity index (χ1) is 9.76. The van der Waals surface area contributed by atoms with Crippen LogP contribution in [0.5, 0.6) is 0 Å². The van der Waals surface area contributed by atoms with Crippen LogP contribution in [0.4, 0.5) is 4.79 Å². The van der Waals surface area contributed by atoms with E-state index in [0.29, 0.717) is 6.54 Å². The van der Waals surface area contributed by atoms with Crippen LogP contribution < -0.4 is 5.32 Å². The van der Waals surface area contributed by atoms with E-state index in [-0.39, 0.29) is 6.09 Å². The number of benzene rings is 1. The Labute approximate surface area is 125 Å². The van der Waals surface area contributed by atoms with Crippen molar-refractivity contribution in [2.45, 2.75) is 46.6 Å². The maximum absolute atomic E-state index is 11.6. The Morgan fingerprint density at radius 2 is 2.00 bits per heavy atom. The van der Waals surface area contributed by atoms with E-state index < -0.39 is 5.60 Å². The number of ether oxygens (including phenoxy) is 1. The highest BCUT2D eigenvalue weighted by molar-refractivity contribution is 5.85. The molecule has 0 aliphatic heterocycles. The molecular formula is C17H24N2O2. The lowest BCUT2D eigenvalue weighted by atomic mass is 10.1. The van der Waals surface area contributed by atoms with E-state index in [0.717, 1.165) is 17.6 Å². The molecule has 1 heterocycles. The second-order valence-corrected chi connectivity index (χ2v) is 6.46. The summed E-state index contributed by atoms with van der Waals surface area (Å²) < 4.78 is 5.24. The number of aromatic nitrogens is 1. The predicted octanol–water partition coefficient (Wildman–Crippen LogP) is 3.85. The van der Waals surface area contributed by atoms with E-state index in [1.807, 2.05) is 20.8 Å². The number of nitrogens with one attached hydrogen (secondary N) is 2. The Hall–Kier alpha value is -1.97. The smallest absolute Gasteiger partial charge is 0.407 e. The van der Waals surface area contributed by atoms with Gasteiger partial charge in [0, 0.05) is 23.1 Å². The summed E-state index contributed by atoms with van der Waals surface area (Å²) in [6, 6.07) is 6.38. The van der Waals surface area contributed by atoms with Gasteiger partial charge in [0.1, 0.15) is 5.60 Å². The van der Waals surface area contributed by atoms with E-state index in [2.05, 4.69) is 42.3 Å². The average molecular weight is 288 g/mol. The van der Waals surface area contributed by atoms with Crippen molar-refractivity contribution < 1.29 is 9.53 Å². The van der Waals surface area contributed by atoms with Gasteiger partial charge in [0.25, 0.3) is 0 Å².